The van der Waals surface area contributed by atoms with Gasteiger partial charge in [-0.05, 0) is 24.1 Å². The third-order valence-electron chi connectivity index (χ3n) is 2.33. The average Bonchev–Trinajstić information content (AvgIpc) is 2.28. The zero-order chi connectivity index (χ0) is 13.0. The molecule has 0 fully saturated rings. The highest BCUT2D eigenvalue weighted by molar-refractivity contribution is 9.10. The lowest BCUT2D eigenvalue weighted by atomic mass is 9.97. The van der Waals surface area contributed by atoms with Crippen molar-refractivity contribution in [1.82, 2.24) is 0 Å². The minimum Gasteiger partial charge on any atom is -0.478 e. The standard InChI is InChI=1S/C11H12BrClO4/c12-6-1-2-7(8(5-6)11(16)17)10(15)9(14)3-4-13/h1-2,5,9-10,14-15H,3-4H2,(H,16,17). The third-order valence-corrected chi connectivity index (χ3v) is 3.05. The van der Waals surface area contributed by atoms with E-state index in [1.807, 2.05) is 0 Å². The van der Waals surface area contributed by atoms with Gasteiger partial charge < -0.3 is 15.3 Å². The topological polar surface area (TPSA) is 77.8 Å². The summed E-state index contributed by atoms with van der Waals surface area (Å²) in [6, 6.07) is 4.46. The van der Waals surface area contributed by atoms with E-state index in [4.69, 9.17) is 16.7 Å². The summed E-state index contributed by atoms with van der Waals surface area (Å²) in [5, 5.41) is 28.5. The molecule has 1 aromatic carbocycles. The van der Waals surface area contributed by atoms with Crippen molar-refractivity contribution in [3.8, 4) is 0 Å². The Morgan fingerprint density at radius 3 is 2.59 bits per heavy atom. The van der Waals surface area contributed by atoms with E-state index < -0.39 is 18.2 Å². The lowest BCUT2D eigenvalue weighted by Crippen LogP contribution is -2.21. The molecule has 0 heterocycles. The minimum absolute atomic E-state index is 0.0412. The van der Waals surface area contributed by atoms with Gasteiger partial charge in [-0.15, -0.1) is 11.6 Å². The number of halogens is 2. The normalized spacial score (nSPS) is 14.4. The number of carboxylic acid groups (broad SMARTS) is 1. The number of carboxylic acids is 1. The zero-order valence-corrected chi connectivity index (χ0v) is 11.1. The molecule has 94 valence electrons. The van der Waals surface area contributed by atoms with Crippen LogP contribution in [0.15, 0.2) is 22.7 Å². The highest BCUT2D eigenvalue weighted by Crippen LogP contribution is 2.26. The molecule has 0 saturated carbocycles. The molecular formula is C11H12BrClO4. The molecule has 6 heteroatoms. The molecule has 3 N–H and O–H groups in total. The van der Waals surface area contributed by atoms with Crippen LogP contribution in [0.25, 0.3) is 0 Å². The van der Waals surface area contributed by atoms with Gasteiger partial charge in [-0.3, -0.25) is 0 Å². The lowest BCUT2D eigenvalue weighted by molar-refractivity contribution is 0.0160. The summed E-state index contributed by atoms with van der Waals surface area (Å²) in [6.45, 7) is 0. The van der Waals surface area contributed by atoms with Gasteiger partial charge in [0.25, 0.3) is 0 Å². The van der Waals surface area contributed by atoms with E-state index in [1.54, 1.807) is 6.07 Å². The van der Waals surface area contributed by atoms with E-state index in [9.17, 15) is 15.0 Å². The number of aromatic carboxylic acids is 1. The molecule has 0 aliphatic carbocycles. The van der Waals surface area contributed by atoms with Gasteiger partial charge in [0.15, 0.2) is 0 Å². The summed E-state index contributed by atoms with van der Waals surface area (Å²) in [7, 11) is 0. The van der Waals surface area contributed by atoms with Crippen molar-refractivity contribution < 1.29 is 20.1 Å². The molecule has 0 radical (unpaired) electrons. The maximum absolute atomic E-state index is 11.0. The molecule has 2 unspecified atom stereocenters. The molecular weight excluding hydrogens is 311 g/mol. The first-order valence-corrected chi connectivity index (χ1v) is 6.25. The zero-order valence-electron chi connectivity index (χ0n) is 8.81. The second-order valence-corrected chi connectivity index (χ2v) is 4.82. The van der Waals surface area contributed by atoms with Crippen molar-refractivity contribution in [2.75, 3.05) is 5.88 Å². The van der Waals surface area contributed by atoms with E-state index in [1.165, 1.54) is 12.1 Å². The smallest absolute Gasteiger partial charge is 0.336 e. The Labute approximate surface area is 112 Å². The molecule has 1 aromatic rings. The quantitative estimate of drug-likeness (QED) is 0.726. The van der Waals surface area contributed by atoms with E-state index in [-0.39, 0.29) is 23.4 Å². The van der Waals surface area contributed by atoms with E-state index >= 15 is 0 Å². The molecule has 4 nitrogen and oxygen atoms in total. The van der Waals surface area contributed by atoms with Crippen LogP contribution in [0.3, 0.4) is 0 Å². The van der Waals surface area contributed by atoms with Crippen LogP contribution < -0.4 is 0 Å². The first-order valence-electron chi connectivity index (χ1n) is 4.92. The first-order chi connectivity index (χ1) is 7.97. The predicted octanol–water partition coefficient (Wildman–Crippen LogP) is 2.17. The fourth-order valence-corrected chi connectivity index (χ4v) is 2.03. The monoisotopic (exact) mass is 322 g/mol. The fourth-order valence-electron chi connectivity index (χ4n) is 1.45. The van der Waals surface area contributed by atoms with E-state index in [2.05, 4.69) is 15.9 Å². The SMILES string of the molecule is O=C(O)c1cc(Br)ccc1C(O)C(O)CCCl. The molecule has 0 bridgehead atoms. The summed E-state index contributed by atoms with van der Waals surface area (Å²) in [5.41, 5.74) is 0.138. The largest absolute Gasteiger partial charge is 0.478 e. The molecule has 0 aliphatic rings. The minimum atomic E-state index is -1.26. The lowest BCUT2D eigenvalue weighted by Gasteiger charge is -2.19. The van der Waals surface area contributed by atoms with Crippen molar-refractivity contribution in [3.63, 3.8) is 0 Å². The van der Waals surface area contributed by atoms with Crippen LogP contribution in [-0.2, 0) is 0 Å². The predicted molar refractivity (Wildman–Crippen MR) is 67.4 cm³/mol. The van der Waals surface area contributed by atoms with Crippen molar-refractivity contribution in [3.05, 3.63) is 33.8 Å². The molecule has 0 spiro atoms. The molecule has 0 aliphatic heterocycles. The van der Waals surface area contributed by atoms with Crippen LogP contribution in [-0.4, -0.2) is 33.3 Å². The Hall–Kier alpha value is -0.620. The van der Waals surface area contributed by atoms with Gasteiger partial charge in [-0.2, -0.15) is 0 Å². The Kier molecular flexibility index (Phi) is 5.39. The summed E-state index contributed by atoms with van der Waals surface area (Å²) < 4.78 is 0.595. The van der Waals surface area contributed by atoms with Crippen molar-refractivity contribution >= 4 is 33.5 Å². The average molecular weight is 324 g/mol. The molecule has 2 atom stereocenters. The van der Waals surface area contributed by atoms with Gasteiger partial charge >= 0.3 is 5.97 Å². The Morgan fingerprint density at radius 1 is 1.41 bits per heavy atom. The van der Waals surface area contributed by atoms with Gasteiger partial charge in [-0.25, -0.2) is 4.79 Å². The first kappa shape index (κ1) is 14.4. The summed E-state index contributed by atoms with van der Waals surface area (Å²) in [4.78, 5) is 11.0. The fraction of sp³-hybridized carbons (Fsp3) is 0.364. The van der Waals surface area contributed by atoms with E-state index in [0.29, 0.717) is 4.47 Å². The van der Waals surface area contributed by atoms with Gasteiger partial charge in [0.2, 0.25) is 0 Å². The third kappa shape index (κ3) is 3.67. The number of hydrogen-bond acceptors (Lipinski definition) is 3. The second kappa shape index (κ2) is 6.35. The molecule has 17 heavy (non-hydrogen) atoms. The highest BCUT2D eigenvalue weighted by atomic mass is 79.9. The van der Waals surface area contributed by atoms with Crippen LogP contribution in [0.5, 0.6) is 0 Å². The number of carbonyl (C=O) groups is 1. The molecule has 0 saturated heterocycles. The van der Waals surface area contributed by atoms with Crippen LogP contribution in [0.2, 0.25) is 0 Å². The second-order valence-electron chi connectivity index (χ2n) is 3.53. The Bertz CT molecular complexity index is 410. The maximum Gasteiger partial charge on any atom is 0.336 e. The maximum atomic E-state index is 11.0. The van der Waals surface area contributed by atoms with Crippen molar-refractivity contribution in [2.24, 2.45) is 0 Å². The number of aliphatic hydroxyl groups is 2. The summed E-state index contributed by atoms with van der Waals surface area (Å²) in [5.74, 6) is -0.963. The molecule has 0 amide bonds. The number of alkyl halides is 1. The molecule has 1 rings (SSSR count). The van der Waals surface area contributed by atoms with E-state index in [0.717, 1.165) is 0 Å². The molecule has 0 aromatic heterocycles. The van der Waals surface area contributed by atoms with Crippen LogP contribution in [0.1, 0.15) is 28.4 Å². The van der Waals surface area contributed by atoms with Crippen LogP contribution >= 0.6 is 27.5 Å². The number of aliphatic hydroxyl groups excluding tert-OH is 2. The Morgan fingerprint density at radius 2 is 2.06 bits per heavy atom. The highest BCUT2D eigenvalue weighted by Gasteiger charge is 2.23. The van der Waals surface area contributed by atoms with Gasteiger partial charge in [-0.1, -0.05) is 22.0 Å². The van der Waals surface area contributed by atoms with Crippen LogP contribution in [0.4, 0.5) is 0 Å². The van der Waals surface area contributed by atoms with Crippen molar-refractivity contribution in [1.29, 1.82) is 0 Å². The Balaban J connectivity index is 3.08. The van der Waals surface area contributed by atoms with Gasteiger partial charge in [0.05, 0.1) is 11.7 Å². The van der Waals surface area contributed by atoms with Gasteiger partial charge in [0.1, 0.15) is 6.10 Å². The summed E-state index contributed by atoms with van der Waals surface area (Å²) in [6.07, 6.45) is -2.14. The number of benzene rings is 1. The van der Waals surface area contributed by atoms with Crippen molar-refractivity contribution in [2.45, 2.75) is 18.6 Å². The number of rotatable bonds is 5. The van der Waals surface area contributed by atoms with Crippen LogP contribution in [0, 0.1) is 0 Å². The van der Waals surface area contributed by atoms with Gasteiger partial charge in [0, 0.05) is 10.4 Å². The number of hydrogen-bond donors (Lipinski definition) is 3. The summed E-state index contributed by atoms with van der Waals surface area (Å²) >= 11 is 8.61.